The van der Waals surface area contributed by atoms with Crippen LogP contribution in [0, 0.1) is 0 Å². The van der Waals surface area contributed by atoms with Crippen molar-refractivity contribution in [2.24, 2.45) is 0 Å². The molecule has 1 N–H and O–H groups in total. The van der Waals surface area contributed by atoms with E-state index in [9.17, 15) is 16.8 Å². The molecular weight excluding hydrogens is 424 g/mol. The minimum atomic E-state index is -3.98. The number of benzene rings is 2. The number of nitrogens with one attached hydrogen (secondary N) is 1. The standard InChI is InChI=1S/C18H21ClN2O5S2/c1-26-16-10-9-14(20-27(22,23)17-8-4-3-7-15(17)19)13-18(16)28(24,25)21-11-5-2-6-12-21/h3-4,7-10,13,20H,2,5-6,11-12H2,1H3. The van der Waals surface area contributed by atoms with Gasteiger partial charge in [0.25, 0.3) is 10.0 Å². The Bertz CT molecular complexity index is 1070. The van der Waals surface area contributed by atoms with Gasteiger partial charge in [-0.25, -0.2) is 16.8 Å². The average molecular weight is 445 g/mol. The third-order valence-electron chi connectivity index (χ3n) is 4.47. The molecule has 0 saturated carbocycles. The number of methoxy groups -OCH3 is 1. The van der Waals surface area contributed by atoms with E-state index in [2.05, 4.69) is 4.72 Å². The van der Waals surface area contributed by atoms with Gasteiger partial charge in [0.15, 0.2) is 0 Å². The van der Waals surface area contributed by atoms with Crippen LogP contribution >= 0.6 is 11.6 Å². The van der Waals surface area contributed by atoms with Crippen LogP contribution in [0.3, 0.4) is 0 Å². The molecule has 0 aromatic heterocycles. The summed E-state index contributed by atoms with van der Waals surface area (Å²) in [6, 6.07) is 10.2. The lowest BCUT2D eigenvalue weighted by molar-refractivity contribution is 0.343. The van der Waals surface area contributed by atoms with E-state index in [0.717, 1.165) is 19.3 Å². The number of halogens is 1. The fraction of sp³-hybridized carbons (Fsp3) is 0.333. The molecule has 0 atom stereocenters. The second kappa shape index (κ2) is 8.28. The summed E-state index contributed by atoms with van der Waals surface area (Å²) in [4.78, 5) is -0.163. The van der Waals surface area contributed by atoms with Crippen LogP contribution in [-0.2, 0) is 20.0 Å². The molecule has 1 fully saturated rings. The number of ether oxygens (including phenoxy) is 1. The highest BCUT2D eigenvalue weighted by molar-refractivity contribution is 7.93. The Balaban J connectivity index is 1.98. The summed E-state index contributed by atoms with van der Waals surface area (Å²) in [6.45, 7) is 0.863. The maximum atomic E-state index is 13.1. The molecule has 3 rings (SSSR count). The average Bonchev–Trinajstić information content (AvgIpc) is 2.68. The second-order valence-electron chi connectivity index (χ2n) is 6.37. The summed E-state index contributed by atoms with van der Waals surface area (Å²) >= 11 is 5.99. The fourth-order valence-electron chi connectivity index (χ4n) is 3.06. The second-order valence-corrected chi connectivity index (χ2v) is 10.3. The third kappa shape index (κ3) is 4.27. The van der Waals surface area contributed by atoms with Gasteiger partial charge in [0.2, 0.25) is 10.0 Å². The third-order valence-corrected chi connectivity index (χ3v) is 8.28. The highest BCUT2D eigenvalue weighted by Gasteiger charge is 2.29. The van der Waals surface area contributed by atoms with Gasteiger partial charge in [-0.1, -0.05) is 30.2 Å². The Morgan fingerprint density at radius 1 is 0.964 bits per heavy atom. The van der Waals surface area contributed by atoms with Crippen LogP contribution < -0.4 is 9.46 Å². The number of piperidine rings is 1. The molecule has 1 aliphatic heterocycles. The predicted octanol–water partition coefficient (Wildman–Crippen LogP) is 3.32. The Morgan fingerprint density at radius 3 is 2.29 bits per heavy atom. The van der Waals surface area contributed by atoms with Crippen LogP contribution in [0.4, 0.5) is 5.69 Å². The van der Waals surface area contributed by atoms with E-state index >= 15 is 0 Å². The molecule has 0 amide bonds. The SMILES string of the molecule is COc1ccc(NS(=O)(=O)c2ccccc2Cl)cc1S(=O)(=O)N1CCCCC1. The molecule has 0 spiro atoms. The molecule has 1 heterocycles. The number of anilines is 1. The van der Waals surface area contributed by atoms with Gasteiger partial charge in [-0.3, -0.25) is 4.72 Å². The number of sulfonamides is 2. The van der Waals surface area contributed by atoms with Crippen molar-refractivity contribution in [1.82, 2.24) is 4.31 Å². The van der Waals surface area contributed by atoms with Crippen molar-refractivity contribution in [3.63, 3.8) is 0 Å². The largest absolute Gasteiger partial charge is 0.495 e. The van der Waals surface area contributed by atoms with Crippen LogP contribution in [0.5, 0.6) is 5.75 Å². The van der Waals surface area contributed by atoms with Crippen molar-refractivity contribution in [2.75, 3.05) is 24.9 Å². The van der Waals surface area contributed by atoms with Gasteiger partial charge in [-0.2, -0.15) is 4.31 Å². The maximum Gasteiger partial charge on any atom is 0.263 e. The molecule has 152 valence electrons. The van der Waals surface area contributed by atoms with Crippen LogP contribution in [0.2, 0.25) is 5.02 Å². The first-order valence-corrected chi connectivity index (χ1v) is 12.0. The molecule has 10 heteroatoms. The van der Waals surface area contributed by atoms with Gasteiger partial charge in [0.05, 0.1) is 17.8 Å². The number of rotatable bonds is 6. The molecule has 7 nitrogen and oxygen atoms in total. The smallest absolute Gasteiger partial charge is 0.263 e. The molecule has 0 radical (unpaired) electrons. The summed E-state index contributed by atoms with van der Waals surface area (Å²) in [6.07, 6.45) is 2.57. The lowest BCUT2D eigenvalue weighted by atomic mass is 10.2. The van der Waals surface area contributed by atoms with Gasteiger partial charge in [-0.05, 0) is 43.2 Å². The minimum Gasteiger partial charge on any atom is -0.495 e. The predicted molar refractivity (Wildman–Crippen MR) is 108 cm³/mol. The quantitative estimate of drug-likeness (QED) is 0.737. The first-order chi connectivity index (χ1) is 13.3. The number of hydrogen-bond acceptors (Lipinski definition) is 5. The Hall–Kier alpha value is -1.81. The Labute approximate surface area is 170 Å². The zero-order valence-electron chi connectivity index (χ0n) is 15.3. The fourth-order valence-corrected chi connectivity index (χ4v) is 6.33. The van der Waals surface area contributed by atoms with Gasteiger partial charge < -0.3 is 4.74 Å². The van der Waals surface area contributed by atoms with Crippen LogP contribution in [0.15, 0.2) is 52.3 Å². The van der Waals surface area contributed by atoms with Gasteiger partial charge in [-0.15, -0.1) is 0 Å². The topological polar surface area (TPSA) is 92.8 Å². The van der Waals surface area contributed by atoms with Crippen LogP contribution in [0.25, 0.3) is 0 Å². The molecular formula is C18H21ClN2O5S2. The zero-order chi connectivity index (χ0) is 20.4. The number of nitrogens with zero attached hydrogens (tertiary/aromatic N) is 1. The molecule has 28 heavy (non-hydrogen) atoms. The minimum absolute atomic E-state index is 0.0729. The van der Waals surface area contributed by atoms with Crippen molar-refractivity contribution in [1.29, 1.82) is 0 Å². The summed E-state index contributed by atoms with van der Waals surface area (Å²) < 4.78 is 60.4. The first-order valence-electron chi connectivity index (χ1n) is 8.71. The van der Waals surface area contributed by atoms with E-state index in [4.69, 9.17) is 16.3 Å². The van der Waals surface area contributed by atoms with Crippen molar-refractivity contribution in [3.8, 4) is 5.75 Å². The molecule has 0 bridgehead atoms. The summed E-state index contributed by atoms with van der Waals surface area (Å²) in [5, 5.41) is 0.0738. The molecule has 2 aromatic rings. The van der Waals surface area contributed by atoms with E-state index < -0.39 is 20.0 Å². The lowest BCUT2D eigenvalue weighted by Crippen LogP contribution is -2.35. The monoisotopic (exact) mass is 444 g/mol. The lowest BCUT2D eigenvalue weighted by Gasteiger charge is -2.26. The van der Waals surface area contributed by atoms with E-state index in [1.165, 1.54) is 41.7 Å². The van der Waals surface area contributed by atoms with Crippen molar-refractivity contribution < 1.29 is 21.6 Å². The molecule has 0 unspecified atom stereocenters. The van der Waals surface area contributed by atoms with E-state index in [1.807, 2.05) is 0 Å². The van der Waals surface area contributed by atoms with Crippen molar-refractivity contribution in [2.45, 2.75) is 29.1 Å². The van der Waals surface area contributed by atoms with E-state index in [0.29, 0.717) is 13.1 Å². The van der Waals surface area contributed by atoms with Crippen LogP contribution in [0.1, 0.15) is 19.3 Å². The molecule has 2 aromatic carbocycles. The Morgan fingerprint density at radius 2 is 1.64 bits per heavy atom. The highest BCUT2D eigenvalue weighted by Crippen LogP contribution is 2.32. The highest BCUT2D eigenvalue weighted by atomic mass is 35.5. The Kier molecular flexibility index (Phi) is 6.18. The van der Waals surface area contributed by atoms with Crippen LogP contribution in [-0.4, -0.2) is 41.3 Å². The number of hydrogen-bond donors (Lipinski definition) is 1. The van der Waals surface area contributed by atoms with Crippen molar-refractivity contribution >= 4 is 37.3 Å². The summed E-state index contributed by atoms with van der Waals surface area (Å²) in [7, 11) is -6.42. The van der Waals surface area contributed by atoms with E-state index in [-0.39, 0.29) is 26.3 Å². The first kappa shape index (κ1) is 20.9. The summed E-state index contributed by atoms with van der Waals surface area (Å²) in [5.74, 6) is 0.159. The van der Waals surface area contributed by atoms with E-state index in [1.54, 1.807) is 12.1 Å². The molecule has 1 aliphatic rings. The maximum absolute atomic E-state index is 13.1. The summed E-state index contributed by atoms with van der Waals surface area (Å²) in [5.41, 5.74) is 0.108. The zero-order valence-corrected chi connectivity index (χ0v) is 17.6. The molecule has 1 saturated heterocycles. The normalized spacial score (nSPS) is 15.9. The van der Waals surface area contributed by atoms with Gasteiger partial charge in [0.1, 0.15) is 15.5 Å². The van der Waals surface area contributed by atoms with Gasteiger partial charge in [0, 0.05) is 13.1 Å². The van der Waals surface area contributed by atoms with Gasteiger partial charge >= 0.3 is 0 Å². The van der Waals surface area contributed by atoms with Crippen molar-refractivity contribution in [3.05, 3.63) is 47.5 Å². The molecule has 0 aliphatic carbocycles.